The molecule has 2 amide bonds. The number of hydrogen-bond acceptors (Lipinski definition) is 26. The van der Waals surface area contributed by atoms with Gasteiger partial charge < -0.3 is 57.6 Å². The molecule has 14 rings (SSSR count). The van der Waals surface area contributed by atoms with E-state index in [0.29, 0.717) is 129 Å². The number of phenolic OH excluding ortho intramolecular Hbond substituents is 1. The normalized spacial score (nSPS) is 18.4. The van der Waals surface area contributed by atoms with Gasteiger partial charge in [0, 0.05) is 47.8 Å². The van der Waals surface area contributed by atoms with Crippen LogP contribution in [0.15, 0.2) is 103 Å². The first-order valence-electron chi connectivity index (χ1n) is 43.7. The van der Waals surface area contributed by atoms with Crippen LogP contribution in [0.5, 0.6) is 5.75 Å². The Balaban J connectivity index is 0.000000170. The molecule has 4 saturated heterocycles. The van der Waals surface area contributed by atoms with Crippen LogP contribution in [0.3, 0.4) is 0 Å². The van der Waals surface area contributed by atoms with Crippen LogP contribution in [0, 0.1) is 0 Å². The summed E-state index contributed by atoms with van der Waals surface area (Å²) < 4.78 is 165. The zero-order valence-electron chi connectivity index (χ0n) is 79.1. The molecule has 1 saturated carbocycles. The van der Waals surface area contributed by atoms with Gasteiger partial charge in [-0.3, -0.25) is 0 Å². The van der Waals surface area contributed by atoms with E-state index in [1.165, 1.54) is 12.1 Å². The molecule has 130 heavy (non-hydrogen) atoms. The quantitative estimate of drug-likeness (QED) is 0.0948. The number of aromatic nitrogens is 4. The maximum atomic E-state index is 13.8. The molecule has 8 heterocycles. The van der Waals surface area contributed by atoms with E-state index >= 15 is 0 Å². The average molecular weight is 2000 g/mol. The van der Waals surface area contributed by atoms with Crippen molar-refractivity contribution in [3.63, 3.8) is 0 Å². The molecule has 3 N–H and O–H groups in total. The Morgan fingerprint density at radius 1 is 0.377 bits per heavy atom. The molecule has 5 aromatic carbocycles. The summed E-state index contributed by atoms with van der Waals surface area (Å²) in [6.07, 6.45) is 6.64. The molecular formula is C92H128Cl5N9O19S5. The number of nitrogens with zero attached hydrogens (tertiary/aromatic N) is 8. The highest BCUT2D eigenvalue weighted by atomic mass is 35.5. The van der Waals surface area contributed by atoms with E-state index in [4.69, 9.17) is 90.9 Å². The molecule has 5 aliphatic rings. The molecule has 0 spiro atoms. The van der Waals surface area contributed by atoms with Crippen molar-refractivity contribution in [2.75, 3.05) is 72.2 Å². The first-order valence-corrected chi connectivity index (χ1v) is 53.0. The predicted molar refractivity (Wildman–Crippen MR) is 512 cm³/mol. The molecule has 9 aromatic rings. The molecule has 720 valence electrons. The Kier molecular flexibility index (Phi) is 30.8. The highest BCUT2D eigenvalue weighted by Gasteiger charge is 2.51. The zero-order valence-corrected chi connectivity index (χ0v) is 86.9. The molecule has 38 heteroatoms. The van der Waals surface area contributed by atoms with Gasteiger partial charge in [0.2, 0.25) is 23.6 Å². The van der Waals surface area contributed by atoms with Gasteiger partial charge in [-0.05, 0) is 234 Å². The van der Waals surface area contributed by atoms with Crippen molar-refractivity contribution in [3.05, 3.63) is 109 Å². The van der Waals surface area contributed by atoms with E-state index in [1.54, 1.807) is 114 Å². The van der Waals surface area contributed by atoms with Gasteiger partial charge in [-0.15, -0.1) is 0 Å². The second-order valence-electron chi connectivity index (χ2n) is 41.9. The molecule has 4 aliphatic heterocycles. The number of oxazole rings is 4. The first-order chi connectivity index (χ1) is 59.5. The van der Waals surface area contributed by atoms with E-state index in [-0.39, 0.29) is 120 Å². The van der Waals surface area contributed by atoms with Gasteiger partial charge in [-0.25, -0.2) is 71.6 Å². The maximum Gasteiger partial charge on any atom is 0.410 e. The third-order valence-electron chi connectivity index (χ3n) is 24.5. The number of carbonyl (C=O) groups is 2. The molecule has 0 unspecified atom stereocenters. The number of aromatic hydroxyl groups is 1. The smallest absolute Gasteiger partial charge is 0.410 e. The number of halogens is 5. The zero-order chi connectivity index (χ0) is 97.4. The Labute approximate surface area is 791 Å². The monoisotopic (exact) mass is 2000 g/mol. The van der Waals surface area contributed by atoms with Gasteiger partial charge in [0.15, 0.2) is 77.3 Å². The van der Waals surface area contributed by atoms with Crippen molar-refractivity contribution in [3.8, 4) is 5.75 Å². The van der Waals surface area contributed by atoms with Crippen LogP contribution in [-0.2, 0) is 80.3 Å². The number of carbonyl (C=O) groups excluding carboxylic acids is 2. The van der Waals surface area contributed by atoms with Crippen LogP contribution in [0.1, 0.15) is 259 Å². The third-order valence-corrected chi connectivity index (χ3v) is 39.6. The number of nitrogens with two attached hydrogens (primary N) is 1. The van der Waals surface area contributed by atoms with Crippen LogP contribution in [0.25, 0.3) is 44.4 Å². The fourth-order valence-corrected chi connectivity index (χ4v) is 27.8. The Morgan fingerprint density at radius 3 is 0.915 bits per heavy atom. The number of sulfone groups is 5. The molecule has 0 atom stereocenters. The predicted octanol–water partition coefficient (Wildman–Crippen LogP) is 21.5. The number of hydrogen-bond donors (Lipinski definition) is 2. The fraction of sp³-hybridized carbons (Fsp3) is 0.609. The largest absolute Gasteiger partial charge is 0.504 e. The van der Waals surface area contributed by atoms with Gasteiger partial charge in [0.25, 0.3) is 0 Å². The molecule has 28 nitrogen and oxygen atoms in total. The molecule has 0 radical (unpaired) electrons. The summed E-state index contributed by atoms with van der Waals surface area (Å²) in [7, 11) is -14.7. The second kappa shape index (κ2) is 38.1. The molecule has 5 fully saturated rings. The SMILES string of the molecule is CC(C)(C)OC(=O)N1CCC(C)(S(=O)(=O)c2c(Cl)ccc3nc(C(C)(C)C)oc23)CC1.CC(C)(C)OC(=O)N1CCC(S(=O)(=O)c2c(Cl)ccc3nc(C(C)(C)C)oc23)CC1.CC(C)(C)c1nc2ccc(Cl)c(S(=O)(=O)C3(C)CCCCC3)c2o1.CN1CCC(C)(S(=O)(=O)c2c(Cl)ccc(N)c2O)CC1.CN1CCC(C)(S(=O)(=O)c2c(Cl)ccc3nc(C(C)(C)C)oc23)CC1. The fourth-order valence-electron chi connectivity index (χ4n) is 15.8. The molecule has 0 bridgehead atoms. The lowest BCUT2D eigenvalue weighted by atomic mass is 9.90. The second-order valence-corrected chi connectivity index (χ2v) is 55.8. The van der Waals surface area contributed by atoms with Crippen molar-refractivity contribution in [1.82, 2.24) is 39.5 Å². The van der Waals surface area contributed by atoms with Crippen molar-refractivity contribution < 1.29 is 83.9 Å². The number of phenols is 1. The van der Waals surface area contributed by atoms with E-state index < -0.39 is 103 Å². The van der Waals surface area contributed by atoms with Gasteiger partial charge in [-0.2, -0.15) is 0 Å². The summed E-state index contributed by atoms with van der Waals surface area (Å²) in [4.78, 5) is 49.8. The van der Waals surface area contributed by atoms with Crippen molar-refractivity contribution in [2.45, 2.75) is 317 Å². The lowest BCUT2D eigenvalue weighted by molar-refractivity contribution is 0.0194. The molecular weight excluding hydrogens is 1870 g/mol. The van der Waals surface area contributed by atoms with Crippen LogP contribution in [0.4, 0.5) is 15.3 Å². The van der Waals surface area contributed by atoms with E-state index in [9.17, 15) is 56.8 Å². The van der Waals surface area contributed by atoms with Crippen LogP contribution < -0.4 is 5.73 Å². The Morgan fingerprint density at radius 2 is 0.623 bits per heavy atom. The lowest BCUT2D eigenvalue weighted by Crippen LogP contribution is -2.50. The van der Waals surface area contributed by atoms with E-state index in [1.807, 2.05) is 111 Å². The number of likely N-dealkylation sites (tertiary alicyclic amines) is 4. The van der Waals surface area contributed by atoms with Gasteiger partial charge in [0.05, 0.1) is 55.0 Å². The summed E-state index contributed by atoms with van der Waals surface area (Å²) in [5.41, 5.74) is 6.00. The van der Waals surface area contributed by atoms with Gasteiger partial charge >= 0.3 is 12.2 Å². The number of rotatable bonds is 10. The highest BCUT2D eigenvalue weighted by molar-refractivity contribution is 7.94. The summed E-state index contributed by atoms with van der Waals surface area (Å²) in [6, 6.07) is 15.9. The van der Waals surface area contributed by atoms with Crippen molar-refractivity contribution in [2.24, 2.45) is 0 Å². The summed E-state index contributed by atoms with van der Waals surface area (Å²) >= 11 is 31.4. The van der Waals surface area contributed by atoms with E-state index in [2.05, 4.69) is 29.7 Å². The van der Waals surface area contributed by atoms with Crippen LogP contribution in [0.2, 0.25) is 25.1 Å². The third kappa shape index (κ3) is 22.3. The number of nitrogen functional groups attached to an aromatic ring is 1. The first kappa shape index (κ1) is 105. The number of anilines is 1. The van der Waals surface area contributed by atoms with Gasteiger partial charge in [-0.1, -0.05) is 160 Å². The highest BCUT2D eigenvalue weighted by Crippen LogP contribution is 2.50. The van der Waals surface area contributed by atoms with Crippen LogP contribution >= 0.6 is 58.0 Å². The van der Waals surface area contributed by atoms with Gasteiger partial charge in [0.1, 0.15) is 57.7 Å². The number of amides is 2. The average Bonchev–Trinajstić information content (AvgIpc) is 1.59. The number of piperidine rings is 4. The lowest BCUT2D eigenvalue weighted by Gasteiger charge is -2.39. The van der Waals surface area contributed by atoms with Crippen LogP contribution in [-0.4, -0.2) is 201 Å². The van der Waals surface area contributed by atoms with Crippen molar-refractivity contribution >= 4 is 169 Å². The Bertz CT molecular complexity index is 6310. The summed E-state index contributed by atoms with van der Waals surface area (Å²) in [5, 5.41) is 10.0. The summed E-state index contributed by atoms with van der Waals surface area (Å²) in [5.74, 6) is 1.49. The molecule has 4 aromatic heterocycles. The minimum absolute atomic E-state index is 0.0110. The topological polar surface area (TPSA) is 387 Å². The minimum Gasteiger partial charge on any atom is -0.504 e. The summed E-state index contributed by atoms with van der Waals surface area (Å²) in [6.45, 7) is 45.4. The molecule has 1 aliphatic carbocycles. The maximum absolute atomic E-state index is 13.8. The number of ether oxygens (including phenoxy) is 2. The van der Waals surface area contributed by atoms with E-state index in [0.717, 1.165) is 32.4 Å². The standard InChI is InChI=1S/C22H31ClN2O5S.C21H29ClN2O5S.C18H25ClN2O3S.C18H24ClNO3S.C13H19ClN2O3S/c1-20(2,3)18-24-15-9-8-14(23)17(16(15)29-18)31(27,28)22(7)10-12-25(13-11-22)19(26)30-21(4,5)6;1-20(2,3)18-23-15-8-7-14(22)17(16(15)28-18)30(26,27)13-9-11-24(12-10-13)19(25)29-21(4,5)6;1-17(2,3)16-20-13-7-6-12(19)15(14(13)24-16)25(22,23)18(4)8-10-21(5)11-9-18;1-17(2,3)16-20-13-9-8-12(19)15(14(13)23-16)24(21,22)18(4)10-6-5-7-11-18;1-13(5-7-16(2)8-6-13)20(18,19)12-9(14)3-4-10(15)11(12)17/h8-9H,10-13H2,1-7H3;7-8,13H,9-12H2,1-6H3;6-7H,8-11H2,1-5H3;8-9H,5-7,10-11H2,1-4H3;3-4,17H,5-8,15H2,1-2H3. The minimum atomic E-state index is -3.88. The Hall–Kier alpha value is -6.76. The van der Waals surface area contributed by atoms with Crippen molar-refractivity contribution in [1.29, 1.82) is 0 Å². The number of fused-ring (bicyclic) bond motifs is 4. The number of benzene rings is 5.